The molecule has 0 bridgehead atoms. The first-order valence-corrected chi connectivity index (χ1v) is 9.60. The lowest BCUT2D eigenvalue weighted by molar-refractivity contribution is -0.0410. The molecule has 2 amide bonds. The number of benzene rings is 1. The Bertz CT molecular complexity index is 828. The van der Waals surface area contributed by atoms with E-state index in [1.54, 1.807) is 0 Å². The topological polar surface area (TPSA) is 59.4 Å². The number of nitrogens with one attached hydrogen (secondary N) is 1. The van der Waals surface area contributed by atoms with Gasteiger partial charge < -0.3 is 15.0 Å². The highest BCUT2D eigenvalue weighted by atomic mass is 16.5. The molecular weight excluding hydrogens is 340 g/mol. The lowest BCUT2D eigenvalue weighted by Gasteiger charge is -2.38. The third-order valence-electron chi connectivity index (χ3n) is 5.28. The first-order chi connectivity index (χ1) is 12.8. The smallest absolute Gasteiger partial charge is 0.322 e. The zero-order valence-corrected chi connectivity index (χ0v) is 17.1. The molecule has 6 heteroatoms. The van der Waals surface area contributed by atoms with Crippen molar-refractivity contribution in [2.75, 3.05) is 18.5 Å². The molecule has 0 unspecified atom stereocenters. The monoisotopic (exact) mass is 370 g/mol. The van der Waals surface area contributed by atoms with E-state index in [1.165, 1.54) is 5.56 Å². The summed E-state index contributed by atoms with van der Waals surface area (Å²) in [6, 6.07) is 8.36. The van der Waals surface area contributed by atoms with Crippen LogP contribution in [0, 0.1) is 20.8 Å². The fourth-order valence-corrected chi connectivity index (χ4v) is 3.70. The molecule has 1 aliphatic rings. The molecule has 1 aromatic heterocycles. The van der Waals surface area contributed by atoms with Crippen molar-refractivity contribution in [2.45, 2.75) is 59.7 Å². The standard InChI is InChI=1S/C21H30N4O2/c1-13(2)25-17(6)20(16(5)23-25)22-21(26)24-11-19(27-12-15(24)4)18-10-8-7-9-14(18)3/h7-10,13,15,19H,11-12H2,1-6H3,(H,22,26)/t15-,19-/m0/s1. The molecule has 2 aromatic rings. The lowest BCUT2D eigenvalue weighted by atomic mass is 10.0. The van der Waals surface area contributed by atoms with Gasteiger partial charge in [-0.05, 0) is 52.7 Å². The molecule has 1 aliphatic heterocycles. The maximum absolute atomic E-state index is 13.0. The third kappa shape index (κ3) is 3.86. The highest BCUT2D eigenvalue weighted by molar-refractivity contribution is 5.91. The molecule has 27 heavy (non-hydrogen) atoms. The van der Waals surface area contributed by atoms with Crippen LogP contribution >= 0.6 is 0 Å². The van der Waals surface area contributed by atoms with Crippen LogP contribution in [0.1, 0.15) is 55.4 Å². The molecule has 1 aromatic carbocycles. The van der Waals surface area contributed by atoms with Crippen molar-refractivity contribution in [3.63, 3.8) is 0 Å². The van der Waals surface area contributed by atoms with Gasteiger partial charge in [0.1, 0.15) is 6.10 Å². The quantitative estimate of drug-likeness (QED) is 0.872. The van der Waals surface area contributed by atoms with E-state index in [1.807, 2.05) is 42.5 Å². The molecule has 3 rings (SSSR count). The minimum Gasteiger partial charge on any atom is -0.370 e. The number of nitrogens with zero attached hydrogens (tertiary/aromatic N) is 3. The minimum atomic E-state index is -0.103. The summed E-state index contributed by atoms with van der Waals surface area (Å²) in [7, 11) is 0. The molecule has 1 fully saturated rings. The van der Waals surface area contributed by atoms with Crippen molar-refractivity contribution in [1.29, 1.82) is 0 Å². The molecule has 2 heterocycles. The molecule has 2 atom stereocenters. The van der Waals surface area contributed by atoms with Crippen LogP contribution < -0.4 is 5.32 Å². The van der Waals surface area contributed by atoms with Crippen LogP contribution in [0.5, 0.6) is 0 Å². The Labute approximate surface area is 161 Å². The van der Waals surface area contributed by atoms with E-state index in [0.717, 1.165) is 22.6 Å². The number of carbonyl (C=O) groups excluding carboxylic acids is 1. The van der Waals surface area contributed by atoms with Crippen molar-refractivity contribution in [3.05, 3.63) is 46.8 Å². The molecule has 146 valence electrons. The third-order valence-corrected chi connectivity index (χ3v) is 5.28. The van der Waals surface area contributed by atoms with E-state index in [-0.39, 0.29) is 24.2 Å². The number of aromatic nitrogens is 2. The van der Waals surface area contributed by atoms with Gasteiger partial charge in [-0.15, -0.1) is 0 Å². The average Bonchev–Trinajstić information content (AvgIpc) is 2.91. The normalized spacial score (nSPS) is 20.2. The summed E-state index contributed by atoms with van der Waals surface area (Å²) in [5.41, 5.74) is 4.95. The number of aryl methyl sites for hydroxylation is 2. The molecule has 0 saturated carbocycles. The van der Waals surface area contributed by atoms with Crippen LogP contribution in [-0.4, -0.2) is 39.9 Å². The predicted octanol–water partition coefficient (Wildman–Crippen LogP) is 4.38. The van der Waals surface area contributed by atoms with Crippen LogP contribution in [0.25, 0.3) is 0 Å². The van der Waals surface area contributed by atoms with Crippen molar-refractivity contribution in [2.24, 2.45) is 0 Å². The van der Waals surface area contributed by atoms with Gasteiger partial charge in [-0.1, -0.05) is 24.3 Å². The van der Waals surface area contributed by atoms with Gasteiger partial charge in [-0.2, -0.15) is 5.10 Å². The number of rotatable bonds is 3. The molecule has 0 spiro atoms. The zero-order chi connectivity index (χ0) is 19.7. The summed E-state index contributed by atoms with van der Waals surface area (Å²) >= 11 is 0. The fourth-order valence-electron chi connectivity index (χ4n) is 3.70. The van der Waals surface area contributed by atoms with Crippen LogP contribution in [0.4, 0.5) is 10.5 Å². The molecule has 1 N–H and O–H groups in total. The van der Waals surface area contributed by atoms with Gasteiger partial charge in [0.25, 0.3) is 0 Å². The van der Waals surface area contributed by atoms with E-state index in [0.29, 0.717) is 13.2 Å². The van der Waals surface area contributed by atoms with Gasteiger partial charge in [0.2, 0.25) is 0 Å². The lowest BCUT2D eigenvalue weighted by Crippen LogP contribution is -2.50. The van der Waals surface area contributed by atoms with Gasteiger partial charge in [-0.25, -0.2) is 4.79 Å². The maximum Gasteiger partial charge on any atom is 0.322 e. The Hall–Kier alpha value is -2.34. The van der Waals surface area contributed by atoms with Crippen LogP contribution in [0.2, 0.25) is 0 Å². The van der Waals surface area contributed by atoms with E-state index in [2.05, 4.69) is 43.3 Å². The summed E-state index contributed by atoms with van der Waals surface area (Å²) < 4.78 is 7.98. The van der Waals surface area contributed by atoms with Crippen molar-refractivity contribution in [3.8, 4) is 0 Å². The van der Waals surface area contributed by atoms with Crippen molar-refractivity contribution < 1.29 is 9.53 Å². The number of hydrogen-bond acceptors (Lipinski definition) is 3. The van der Waals surface area contributed by atoms with E-state index < -0.39 is 0 Å². The number of carbonyl (C=O) groups is 1. The molecule has 0 aliphatic carbocycles. The summed E-state index contributed by atoms with van der Waals surface area (Å²) in [6.07, 6.45) is -0.103. The number of anilines is 1. The van der Waals surface area contributed by atoms with E-state index in [4.69, 9.17) is 4.74 Å². The SMILES string of the molecule is Cc1ccccc1[C@@H]1CN(C(=O)Nc2c(C)nn(C(C)C)c2C)[C@@H](C)CO1. The van der Waals surface area contributed by atoms with E-state index in [9.17, 15) is 4.79 Å². The average molecular weight is 370 g/mol. The fraction of sp³-hybridized carbons (Fsp3) is 0.524. The Kier molecular flexibility index (Phi) is 5.56. The van der Waals surface area contributed by atoms with E-state index >= 15 is 0 Å². The minimum absolute atomic E-state index is 0.0195. The van der Waals surface area contributed by atoms with Gasteiger partial charge in [-0.3, -0.25) is 4.68 Å². The number of hydrogen-bond donors (Lipinski definition) is 1. The largest absolute Gasteiger partial charge is 0.370 e. The summed E-state index contributed by atoms with van der Waals surface area (Å²) in [6.45, 7) is 13.3. The van der Waals surface area contributed by atoms with Crippen LogP contribution in [-0.2, 0) is 4.74 Å². The number of amides is 2. The van der Waals surface area contributed by atoms with Crippen LogP contribution in [0.15, 0.2) is 24.3 Å². The zero-order valence-electron chi connectivity index (χ0n) is 17.1. The molecule has 1 saturated heterocycles. The van der Waals surface area contributed by atoms with Gasteiger partial charge in [0.15, 0.2) is 0 Å². The highest BCUT2D eigenvalue weighted by Gasteiger charge is 2.32. The second-order valence-electron chi connectivity index (χ2n) is 7.69. The molecule has 6 nitrogen and oxygen atoms in total. The van der Waals surface area contributed by atoms with Gasteiger partial charge in [0.05, 0.1) is 36.3 Å². The second-order valence-corrected chi connectivity index (χ2v) is 7.69. The Morgan fingerprint density at radius 2 is 1.96 bits per heavy atom. The first kappa shape index (κ1) is 19.4. The second kappa shape index (κ2) is 7.72. The van der Waals surface area contributed by atoms with Crippen LogP contribution in [0.3, 0.4) is 0 Å². The summed E-state index contributed by atoms with van der Waals surface area (Å²) in [5.74, 6) is 0. The number of ether oxygens (including phenoxy) is 1. The number of morpholine rings is 1. The van der Waals surface area contributed by atoms with Crippen molar-refractivity contribution in [1.82, 2.24) is 14.7 Å². The summed E-state index contributed by atoms with van der Waals surface area (Å²) in [5, 5.41) is 7.65. The Balaban J connectivity index is 1.79. The number of urea groups is 1. The Morgan fingerprint density at radius 1 is 1.26 bits per heavy atom. The molecular formula is C21H30N4O2. The highest BCUT2D eigenvalue weighted by Crippen LogP contribution is 2.28. The van der Waals surface area contributed by atoms with Crippen molar-refractivity contribution >= 4 is 11.7 Å². The Morgan fingerprint density at radius 3 is 2.59 bits per heavy atom. The predicted molar refractivity (Wildman–Crippen MR) is 107 cm³/mol. The molecule has 0 radical (unpaired) electrons. The maximum atomic E-state index is 13.0. The first-order valence-electron chi connectivity index (χ1n) is 9.60. The summed E-state index contributed by atoms with van der Waals surface area (Å²) in [4.78, 5) is 14.9. The van der Waals surface area contributed by atoms with Gasteiger partial charge >= 0.3 is 6.03 Å². The van der Waals surface area contributed by atoms with Gasteiger partial charge in [0, 0.05) is 6.04 Å².